The minimum Gasteiger partial charge on any atom is -0.478 e. The first kappa shape index (κ1) is 12.4. The lowest BCUT2D eigenvalue weighted by Crippen LogP contribution is -2.04. The Morgan fingerprint density at radius 1 is 1.44 bits per heavy atom. The lowest BCUT2D eigenvalue weighted by atomic mass is 10.0. The number of rotatable bonds is 4. The molecule has 0 bridgehead atoms. The van der Waals surface area contributed by atoms with Crippen LogP contribution in [-0.2, 0) is 13.0 Å². The van der Waals surface area contributed by atoms with Crippen LogP contribution in [0.2, 0.25) is 0 Å². The highest BCUT2D eigenvalue weighted by molar-refractivity contribution is 5.89. The predicted molar refractivity (Wildman–Crippen MR) is 68.8 cm³/mol. The Hall–Kier alpha value is -2.10. The zero-order valence-corrected chi connectivity index (χ0v) is 10.6. The molecule has 1 heterocycles. The molecule has 18 heavy (non-hydrogen) atoms. The Bertz CT molecular complexity index is 573. The smallest absolute Gasteiger partial charge is 0.335 e. The van der Waals surface area contributed by atoms with Crippen molar-refractivity contribution in [3.8, 4) is 0 Å². The van der Waals surface area contributed by atoms with E-state index in [1.54, 1.807) is 19.2 Å². The Balaban J connectivity index is 2.30. The van der Waals surface area contributed by atoms with Crippen LogP contribution in [0.25, 0.3) is 0 Å². The molecule has 0 saturated heterocycles. The molecule has 2 aromatic rings. The summed E-state index contributed by atoms with van der Waals surface area (Å²) in [5.74, 6) is 0.0749. The fourth-order valence-corrected chi connectivity index (χ4v) is 1.99. The van der Waals surface area contributed by atoms with Gasteiger partial charge in [-0.25, -0.2) is 9.78 Å². The van der Waals surface area contributed by atoms with Gasteiger partial charge in [-0.3, -0.25) is 0 Å². The molecule has 0 unspecified atom stereocenters. The van der Waals surface area contributed by atoms with E-state index in [4.69, 9.17) is 5.11 Å². The predicted octanol–water partition coefficient (Wildman–Crippen LogP) is 2.50. The molecule has 0 spiro atoms. The number of aromatic nitrogens is 2. The van der Waals surface area contributed by atoms with E-state index in [1.165, 1.54) is 0 Å². The summed E-state index contributed by atoms with van der Waals surface area (Å²) in [5.41, 5.74) is 2.12. The van der Waals surface area contributed by atoms with Crippen molar-refractivity contribution in [1.29, 1.82) is 0 Å². The molecule has 2 rings (SSSR count). The molecule has 0 fully saturated rings. The van der Waals surface area contributed by atoms with Crippen LogP contribution in [0.5, 0.6) is 0 Å². The summed E-state index contributed by atoms with van der Waals surface area (Å²) in [7, 11) is 0. The largest absolute Gasteiger partial charge is 0.478 e. The molecule has 0 aliphatic heterocycles. The van der Waals surface area contributed by atoms with E-state index in [9.17, 15) is 4.79 Å². The van der Waals surface area contributed by atoms with Crippen molar-refractivity contribution in [3.05, 3.63) is 53.1 Å². The molecule has 0 atom stereocenters. The maximum absolute atomic E-state index is 11.1. The standard InChI is InChI=1S/C14H16N2O2/c1-3-16-7-6-15-13(16)9-11-5-4-10(2)12(8-11)14(17)18/h4-8H,3,9H2,1-2H3,(H,17,18). The van der Waals surface area contributed by atoms with Gasteiger partial charge in [0.15, 0.2) is 0 Å². The monoisotopic (exact) mass is 244 g/mol. The molecular weight excluding hydrogens is 228 g/mol. The zero-order valence-electron chi connectivity index (χ0n) is 10.6. The Kier molecular flexibility index (Phi) is 3.46. The second-order valence-corrected chi connectivity index (χ2v) is 4.26. The van der Waals surface area contributed by atoms with Crippen molar-refractivity contribution in [2.75, 3.05) is 0 Å². The van der Waals surface area contributed by atoms with Crippen LogP contribution in [-0.4, -0.2) is 20.6 Å². The van der Waals surface area contributed by atoms with Crippen LogP contribution < -0.4 is 0 Å². The molecule has 0 saturated carbocycles. The maximum atomic E-state index is 11.1. The van der Waals surface area contributed by atoms with Crippen molar-refractivity contribution in [1.82, 2.24) is 9.55 Å². The number of imidazole rings is 1. The van der Waals surface area contributed by atoms with Crippen molar-refractivity contribution in [2.45, 2.75) is 26.8 Å². The molecule has 1 N–H and O–H groups in total. The Labute approximate surface area is 106 Å². The van der Waals surface area contributed by atoms with E-state index >= 15 is 0 Å². The van der Waals surface area contributed by atoms with Gasteiger partial charge in [0.25, 0.3) is 0 Å². The van der Waals surface area contributed by atoms with Crippen LogP contribution in [0.3, 0.4) is 0 Å². The van der Waals surface area contributed by atoms with E-state index in [0.29, 0.717) is 12.0 Å². The van der Waals surface area contributed by atoms with Gasteiger partial charge in [0, 0.05) is 25.4 Å². The summed E-state index contributed by atoms with van der Waals surface area (Å²) in [6.07, 6.45) is 4.36. The van der Waals surface area contributed by atoms with Crippen molar-refractivity contribution >= 4 is 5.97 Å². The van der Waals surface area contributed by atoms with Gasteiger partial charge in [-0.1, -0.05) is 12.1 Å². The minimum absolute atomic E-state index is 0.363. The molecule has 0 amide bonds. The van der Waals surface area contributed by atoms with Crippen LogP contribution in [0.15, 0.2) is 30.6 Å². The average molecular weight is 244 g/mol. The quantitative estimate of drug-likeness (QED) is 0.899. The van der Waals surface area contributed by atoms with E-state index in [-0.39, 0.29) is 0 Å². The van der Waals surface area contributed by atoms with Gasteiger partial charge < -0.3 is 9.67 Å². The number of carboxylic acid groups (broad SMARTS) is 1. The number of carboxylic acids is 1. The topological polar surface area (TPSA) is 55.1 Å². The van der Waals surface area contributed by atoms with Gasteiger partial charge in [-0.05, 0) is 31.0 Å². The second-order valence-electron chi connectivity index (χ2n) is 4.26. The molecule has 1 aromatic carbocycles. The fourth-order valence-electron chi connectivity index (χ4n) is 1.99. The van der Waals surface area contributed by atoms with Gasteiger partial charge in [0.2, 0.25) is 0 Å². The summed E-state index contributed by atoms with van der Waals surface area (Å²) in [6, 6.07) is 5.53. The minimum atomic E-state index is -0.881. The highest BCUT2D eigenvalue weighted by atomic mass is 16.4. The van der Waals surface area contributed by atoms with Crippen molar-refractivity contribution in [3.63, 3.8) is 0 Å². The molecule has 0 radical (unpaired) electrons. The summed E-state index contributed by atoms with van der Waals surface area (Å²) < 4.78 is 2.06. The molecule has 4 heteroatoms. The van der Waals surface area contributed by atoms with Crippen molar-refractivity contribution in [2.24, 2.45) is 0 Å². The fraction of sp³-hybridized carbons (Fsp3) is 0.286. The van der Waals surface area contributed by atoms with Crippen LogP contribution in [0.4, 0.5) is 0 Å². The number of benzene rings is 1. The molecule has 0 aliphatic carbocycles. The molecule has 4 nitrogen and oxygen atoms in total. The summed E-state index contributed by atoms with van der Waals surface area (Å²) >= 11 is 0. The van der Waals surface area contributed by atoms with Crippen LogP contribution in [0.1, 0.15) is 34.2 Å². The Morgan fingerprint density at radius 3 is 2.89 bits per heavy atom. The number of hydrogen-bond donors (Lipinski definition) is 1. The van der Waals surface area contributed by atoms with Crippen molar-refractivity contribution < 1.29 is 9.90 Å². The molecule has 94 valence electrons. The third-order valence-corrected chi connectivity index (χ3v) is 3.04. The van der Waals surface area contributed by atoms with Crippen LogP contribution >= 0.6 is 0 Å². The normalized spacial score (nSPS) is 10.6. The third-order valence-electron chi connectivity index (χ3n) is 3.04. The van der Waals surface area contributed by atoms with Gasteiger partial charge in [0.05, 0.1) is 5.56 Å². The lowest BCUT2D eigenvalue weighted by Gasteiger charge is -2.07. The van der Waals surface area contributed by atoms with Gasteiger partial charge in [-0.2, -0.15) is 0 Å². The van der Waals surface area contributed by atoms with Gasteiger partial charge >= 0.3 is 5.97 Å². The summed E-state index contributed by atoms with van der Waals surface area (Å²) in [6.45, 7) is 4.73. The SMILES string of the molecule is CCn1ccnc1Cc1ccc(C)c(C(=O)O)c1. The third kappa shape index (κ3) is 2.42. The first-order valence-electron chi connectivity index (χ1n) is 5.94. The van der Waals surface area contributed by atoms with E-state index in [1.807, 2.05) is 18.3 Å². The average Bonchev–Trinajstić information content (AvgIpc) is 2.78. The summed E-state index contributed by atoms with van der Waals surface area (Å²) in [5, 5.41) is 9.10. The second kappa shape index (κ2) is 5.04. The first-order valence-corrected chi connectivity index (χ1v) is 5.94. The Morgan fingerprint density at radius 2 is 2.22 bits per heavy atom. The number of nitrogens with zero attached hydrogens (tertiary/aromatic N) is 2. The van der Waals surface area contributed by atoms with Crippen LogP contribution in [0, 0.1) is 6.92 Å². The van der Waals surface area contributed by atoms with Gasteiger partial charge in [-0.15, -0.1) is 0 Å². The molecule has 0 aliphatic rings. The maximum Gasteiger partial charge on any atom is 0.335 e. The highest BCUT2D eigenvalue weighted by Gasteiger charge is 2.09. The van der Waals surface area contributed by atoms with E-state index in [2.05, 4.69) is 16.5 Å². The summed E-state index contributed by atoms with van der Waals surface area (Å²) in [4.78, 5) is 15.4. The lowest BCUT2D eigenvalue weighted by molar-refractivity contribution is 0.0696. The van der Waals surface area contributed by atoms with E-state index < -0.39 is 5.97 Å². The first-order chi connectivity index (χ1) is 8.61. The van der Waals surface area contributed by atoms with E-state index in [0.717, 1.165) is 23.5 Å². The van der Waals surface area contributed by atoms with Gasteiger partial charge in [0.1, 0.15) is 5.82 Å². The number of aryl methyl sites for hydroxylation is 2. The highest BCUT2D eigenvalue weighted by Crippen LogP contribution is 2.14. The number of hydrogen-bond acceptors (Lipinski definition) is 2. The molecular formula is C14H16N2O2. The zero-order chi connectivity index (χ0) is 13.1. The molecule has 1 aromatic heterocycles. The number of aromatic carboxylic acids is 1. The number of carbonyl (C=O) groups is 1.